The van der Waals surface area contributed by atoms with E-state index in [0.29, 0.717) is 6.04 Å². The van der Waals surface area contributed by atoms with Gasteiger partial charge in [0, 0.05) is 13.1 Å². The zero-order valence-corrected chi connectivity index (χ0v) is 12.0. The van der Waals surface area contributed by atoms with E-state index in [1.54, 1.807) is 0 Å². The number of nitrogens with zero attached hydrogens (tertiary/aromatic N) is 1. The Balaban J connectivity index is 1.54. The van der Waals surface area contributed by atoms with E-state index in [4.69, 9.17) is 5.73 Å². The molecule has 19 heavy (non-hydrogen) atoms. The van der Waals surface area contributed by atoms with Gasteiger partial charge in [-0.1, -0.05) is 0 Å². The summed E-state index contributed by atoms with van der Waals surface area (Å²) in [7, 11) is 2.03. The molecular formula is C16H26N2O. The molecule has 2 N–H and O–H groups in total. The maximum Gasteiger partial charge on any atom is 0.242 e. The van der Waals surface area contributed by atoms with Gasteiger partial charge in [0.1, 0.15) is 0 Å². The number of rotatable bonds is 2. The molecule has 3 heteroatoms. The minimum Gasteiger partial charge on any atom is -0.341 e. The largest absolute Gasteiger partial charge is 0.341 e. The van der Waals surface area contributed by atoms with Crippen molar-refractivity contribution in [3.8, 4) is 0 Å². The first-order chi connectivity index (χ1) is 9.07. The number of carbonyl (C=O) groups is 1. The Morgan fingerprint density at radius 2 is 1.58 bits per heavy atom. The molecule has 106 valence electrons. The van der Waals surface area contributed by atoms with Gasteiger partial charge in [-0.15, -0.1) is 0 Å². The SMILES string of the molecule is CN(C(=O)C1(N)CCC1)C1C2CC3CC(C2)CC1C3. The molecule has 0 unspecified atom stereocenters. The molecule has 0 saturated heterocycles. The van der Waals surface area contributed by atoms with Crippen LogP contribution in [-0.2, 0) is 4.79 Å². The average Bonchev–Trinajstić information content (AvgIpc) is 2.33. The lowest BCUT2D eigenvalue weighted by Crippen LogP contribution is -2.64. The second-order valence-corrected chi connectivity index (χ2v) is 7.85. The third-order valence-electron chi connectivity index (χ3n) is 6.62. The number of likely N-dealkylation sites (N-methyl/N-ethyl adjacent to an activating group) is 1. The minimum absolute atomic E-state index is 0.233. The number of amides is 1. The fourth-order valence-electron chi connectivity index (χ4n) is 5.79. The Labute approximate surface area is 115 Å². The van der Waals surface area contributed by atoms with Crippen LogP contribution in [0.25, 0.3) is 0 Å². The first-order valence-electron chi connectivity index (χ1n) is 8.13. The smallest absolute Gasteiger partial charge is 0.242 e. The van der Waals surface area contributed by atoms with Crippen LogP contribution in [0.5, 0.6) is 0 Å². The van der Waals surface area contributed by atoms with Gasteiger partial charge in [-0.25, -0.2) is 0 Å². The van der Waals surface area contributed by atoms with Gasteiger partial charge >= 0.3 is 0 Å². The molecule has 5 aliphatic rings. The van der Waals surface area contributed by atoms with Crippen molar-refractivity contribution in [2.45, 2.75) is 62.9 Å². The van der Waals surface area contributed by atoms with Gasteiger partial charge in [0.05, 0.1) is 5.54 Å². The summed E-state index contributed by atoms with van der Waals surface area (Å²) in [6.45, 7) is 0. The zero-order valence-electron chi connectivity index (χ0n) is 12.0. The average molecular weight is 262 g/mol. The van der Waals surface area contributed by atoms with E-state index in [-0.39, 0.29) is 5.91 Å². The highest BCUT2D eigenvalue weighted by atomic mass is 16.2. The number of nitrogens with two attached hydrogens (primary N) is 1. The monoisotopic (exact) mass is 262 g/mol. The molecule has 5 fully saturated rings. The summed E-state index contributed by atoms with van der Waals surface area (Å²) in [5, 5.41) is 0. The number of hydrogen-bond acceptors (Lipinski definition) is 2. The number of carbonyl (C=O) groups excluding carboxylic acids is 1. The molecule has 5 saturated carbocycles. The molecule has 0 aromatic carbocycles. The maximum absolute atomic E-state index is 12.7. The van der Waals surface area contributed by atoms with E-state index in [2.05, 4.69) is 4.90 Å². The van der Waals surface area contributed by atoms with Gasteiger partial charge in [0.25, 0.3) is 0 Å². The molecule has 0 atom stereocenters. The second-order valence-electron chi connectivity index (χ2n) is 7.85. The van der Waals surface area contributed by atoms with E-state index in [1.165, 1.54) is 32.1 Å². The third-order valence-corrected chi connectivity index (χ3v) is 6.62. The van der Waals surface area contributed by atoms with Crippen LogP contribution < -0.4 is 5.73 Å². The van der Waals surface area contributed by atoms with Crippen LogP contribution in [0.1, 0.15) is 51.4 Å². The summed E-state index contributed by atoms with van der Waals surface area (Å²) in [6.07, 6.45) is 9.85. The van der Waals surface area contributed by atoms with Crippen molar-refractivity contribution in [2.75, 3.05) is 7.05 Å². The predicted molar refractivity (Wildman–Crippen MR) is 74.4 cm³/mol. The molecule has 0 heterocycles. The fraction of sp³-hybridized carbons (Fsp3) is 0.938. The van der Waals surface area contributed by atoms with Gasteiger partial charge in [-0.05, 0) is 75.0 Å². The summed E-state index contributed by atoms with van der Waals surface area (Å²) < 4.78 is 0. The van der Waals surface area contributed by atoms with Gasteiger partial charge in [0.15, 0.2) is 0 Å². The lowest BCUT2D eigenvalue weighted by Gasteiger charge is -2.57. The lowest BCUT2D eigenvalue weighted by atomic mass is 9.53. The van der Waals surface area contributed by atoms with Crippen LogP contribution in [-0.4, -0.2) is 29.4 Å². The third kappa shape index (κ3) is 1.70. The van der Waals surface area contributed by atoms with Gasteiger partial charge in [-0.2, -0.15) is 0 Å². The summed E-state index contributed by atoms with van der Waals surface area (Å²) >= 11 is 0. The van der Waals surface area contributed by atoms with Crippen molar-refractivity contribution < 1.29 is 4.79 Å². The van der Waals surface area contributed by atoms with Crippen LogP contribution in [0.15, 0.2) is 0 Å². The van der Waals surface area contributed by atoms with E-state index in [1.807, 2.05) is 7.05 Å². The summed E-state index contributed by atoms with van der Waals surface area (Å²) in [6, 6.07) is 0.501. The van der Waals surface area contributed by atoms with Crippen molar-refractivity contribution in [1.82, 2.24) is 4.90 Å². The van der Waals surface area contributed by atoms with Crippen LogP contribution in [0.4, 0.5) is 0 Å². The van der Waals surface area contributed by atoms with Crippen LogP contribution in [0, 0.1) is 23.7 Å². The zero-order chi connectivity index (χ0) is 13.2. The van der Waals surface area contributed by atoms with Crippen LogP contribution in [0.3, 0.4) is 0 Å². The van der Waals surface area contributed by atoms with Crippen LogP contribution >= 0.6 is 0 Å². The van der Waals surface area contributed by atoms with E-state index in [9.17, 15) is 4.79 Å². The number of hydrogen-bond donors (Lipinski definition) is 1. The van der Waals surface area contributed by atoms with Gasteiger partial charge < -0.3 is 10.6 Å². The Morgan fingerprint density at radius 1 is 1.05 bits per heavy atom. The fourth-order valence-corrected chi connectivity index (χ4v) is 5.79. The highest BCUT2D eigenvalue weighted by molar-refractivity contribution is 5.87. The molecule has 5 aliphatic carbocycles. The lowest BCUT2D eigenvalue weighted by molar-refractivity contribution is -0.149. The molecular weight excluding hydrogens is 236 g/mol. The Bertz CT molecular complexity index is 374. The van der Waals surface area contributed by atoms with Crippen molar-refractivity contribution in [3.05, 3.63) is 0 Å². The first-order valence-corrected chi connectivity index (χ1v) is 8.13. The Morgan fingerprint density at radius 3 is 2.00 bits per heavy atom. The molecule has 0 spiro atoms. The molecule has 3 nitrogen and oxygen atoms in total. The quantitative estimate of drug-likeness (QED) is 0.829. The van der Waals surface area contributed by atoms with Crippen molar-refractivity contribution in [3.63, 3.8) is 0 Å². The van der Waals surface area contributed by atoms with E-state index in [0.717, 1.165) is 42.9 Å². The molecule has 0 aromatic heterocycles. The van der Waals surface area contributed by atoms with Crippen molar-refractivity contribution in [1.29, 1.82) is 0 Å². The van der Waals surface area contributed by atoms with Gasteiger partial charge in [-0.3, -0.25) is 4.79 Å². The predicted octanol–water partition coefficient (Wildman–Crippen LogP) is 2.15. The molecule has 0 aliphatic heterocycles. The van der Waals surface area contributed by atoms with Crippen molar-refractivity contribution >= 4 is 5.91 Å². The summed E-state index contributed by atoms with van der Waals surface area (Å²) in [5.41, 5.74) is 5.74. The standard InChI is InChI=1S/C16H26N2O/c1-18(15(19)16(17)3-2-4-16)14-12-6-10-5-11(8-12)9-13(14)7-10/h10-14H,2-9,17H2,1H3. The van der Waals surface area contributed by atoms with E-state index < -0.39 is 5.54 Å². The highest BCUT2D eigenvalue weighted by Gasteiger charge is 2.52. The van der Waals surface area contributed by atoms with Crippen LogP contribution in [0.2, 0.25) is 0 Å². The molecule has 0 radical (unpaired) electrons. The Hall–Kier alpha value is -0.570. The highest BCUT2D eigenvalue weighted by Crippen LogP contribution is 2.55. The maximum atomic E-state index is 12.7. The molecule has 5 rings (SSSR count). The summed E-state index contributed by atoms with van der Waals surface area (Å²) in [4.78, 5) is 14.7. The first kappa shape index (κ1) is 12.2. The summed E-state index contributed by atoms with van der Waals surface area (Å²) in [5.74, 6) is 3.72. The second kappa shape index (κ2) is 3.97. The minimum atomic E-state index is -0.511. The topological polar surface area (TPSA) is 46.3 Å². The molecule has 4 bridgehead atoms. The van der Waals surface area contributed by atoms with E-state index >= 15 is 0 Å². The molecule has 1 amide bonds. The normalized spacial score (nSPS) is 45.9. The van der Waals surface area contributed by atoms with Gasteiger partial charge in [0.2, 0.25) is 5.91 Å². The van der Waals surface area contributed by atoms with Crippen molar-refractivity contribution in [2.24, 2.45) is 29.4 Å². The molecule has 0 aromatic rings. The Kier molecular flexibility index (Phi) is 2.55.